The van der Waals surface area contributed by atoms with Gasteiger partial charge in [-0.2, -0.15) is 36.5 Å². The number of nitrogens with one attached hydrogen (secondary N) is 1. The van der Waals surface area contributed by atoms with E-state index in [2.05, 4.69) is 20.5 Å². The van der Waals surface area contributed by atoms with Crippen LogP contribution in [0, 0.1) is 6.92 Å². The Bertz CT molecular complexity index is 1130. The van der Waals surface area contributed by atoms with Crippen molar-refractivity contribution in [3.63, 3.8) is 0 Å². The topological polar surface area (TPSA) is 77.6 Å². The van der Waals surface area contributed by atoms with E-state index in [4.69, 9.17) is 0 Å². The maximum atomic E-state index is 12.9. The highest BCUT2D eigenvalue weighted by Gasteiger charge is 2.35. The van der Waals surface area contributed by atoms with Gasteiger partial charge in [-0.15, -0.1) is 0 Å². The van der Waals surface area contributed by atoms with Gasteiger partial charge in [0.25, 0.3) is 5.91 Å². The lowest BCUT2D eigenvalue weighted by molar-refractivity contribution is -0.142. The molecule has 33 heavy (non-hydrogen) atoms. The fourth-order valence-electron chi connectivity index (χ4n) is 2.99. The number of halogens is 6. The highest BCUT2D eigenvalue weighted by molar-refractivity contribution is 5.92. The average Bonchev–Trinajstić information content (AvgIpc) is 3.27. The van der Waals surface area contributed by atoms with Crippen LogP contribution in [0.5, 0.6) is 0 Å². The summed E-state index contributed by atoms with van der Waals surface area (Å²) < 4.78 is 79.3. The van der Waals surface area contributed by atoms with E-state index in [1.165, 1.54) is 24.8 Å². The van der Waals surface area contributed by atoms with E-state index < -0.39 is 29.6 Å². The van der Waals surface area contributed by atoms with Gasteiger partial charge < -0.3 is 5.32 Å². The predicted octanol–water partition coefficient (Wildman–Crippen LogP) is 4.52. The van der Waals surface area contributed by atoms with Crippen molar-refractivity contribution >= 4 is 5.91 Å². The van der Waals surface area contributed by atoms with Crippen molar-refractivity contribution in [1.29, 1.82) is 0 Å². The molecular weight excluding hydrogens is 454 g/mol. The second-order valence-electron chi connectivity index (χ2n) is 6.69. The Labute approximate surface area is 185 Å². The number of aryl methyl sites for hydroxylation is 2. The SMILES string of the molecule is CC.Cc1c(-c2ccnc(C(F)(F)F)c2)nn(C)c1CNC(=O)c1cc(C(F)(F)F)nn1C. The maximum absolute atomic E-state index is 12.9. The van der Waals surface area contributed by atoms with Crippen LogP contribution in [-0.4, -0.2) is 30.5 Å². The molecule has 0 aromatic carbocycles. The number of rotatable bonds is 4. The molecule has 0 bridgehead atoms. The third kappa shape index (κ3) is 5.71. The Morgan fingerprint density at radius 2 is 1.58 bits per heavy atom. The molecule has 0 radical (unpaired) electrons. The molecule has 3 rings (SSSR count). The number of hydrogen-bond donors (Lipinski definition) is 1. The van der Waals surface area contributed by atoms with E-state index in [9.17, 15) is 31.1 Å². The van der Waals surface area contributed by atoms with Crippen molar-refractivity contribution in [3.8, 4) is 11.3 Å². The van der Waals surface area contributed by atoms with E-state index in [0.29, 0.717) is 17.3 Å². The van der Waals surface area contributed by atoms with Gasteiger partial charge in [0.05, 0.1) is 17.9 Å². The molecule has 1 N–H and O–H groups in total. The highest BCUT2D eigenvalue weighted by atomic mass is 19.4. The van der Waals surface area contributed by atoms with Crippen molar-refractivity contribution in [2.75, 3.05) is 0 Å². The van der Waals surface area contributed by atoms with E-state index in [1.807, 2.05) is 13.8 Å². The summed E-state index contributed by atoms with van der Waals surface area (Å²) in [5.41, 5.74) is -1.14. The van der Waals surface area contributed by atoms with Gasteiger partial charge in [0.2, 0.25) is 0 Å². The second-order valence-corrected chi connectivity index (χ2v) is 6.69. The molecule has 0 aliphatic heterocycles. The molecule has 0 unspecified atom stereocenters. The minimum absolute atomic E-state index is 0.113. The lowest BCUT2D eigenvalue weighted by atomic mass is 10.1. The van der Waals surface area contributed by atoms with Crippen LogP contribution in [-0.2, 0) is 33.0 Å². The van der Waals surface area contributed by atoms with Crippen LogP contribution in [0.2, 0.25) is 0 Å². The molecule has 0 aliphatic carbocycles. The van der Waals surface area contributed by atoms with Crippen LogP contribution in [0.4, 0.5) is 26.3 Å². The molecular formula is C20H22F6N6O. The molecule has 7 nitrogen and oxygen atoms in total. The standard InChI is InChI=1S/C18H16F6N6O.C2H6/c1-9-12(8-26-16(31)11-7-14(18(22,23)24)27-29(11)2)30(3)28-15(9)10-4-5-25-13(6-10)17(19,20)21;1-2/h4-7H,8H2,1-3H3,(H,26,31);1-2H3. The Hall–Kier alpha value is -3.38. The largest absolute Gasteiger partial charge is 0.435 e. The van der Waals surface area contributed by atoms with Gasteiger partial charge in [0, 0.05) is 37.5 Å². The Balaban J connectivity index is 0.00000187. The predicted molar refractivity (Wildman–Crippen MR) is 107 cm³/mol. The van der Waals surface area contributed by atoms with E-state index in [-0.39, 0.29) is 23.5 Å². The zero-order chi connectivity index (χ0) is 25.1. The number of carbonyl (C=O) groups is 1. The lowest BCUT2D eigenvalue weighted by Crippen LogP contribution is -2.26. The van der Waals surface area contributed by atoms with Gasteiger partial charge in [0.1, 0.15) is 11.4 Å². The number of aromatic nitrogens is 5. The van der Waals surface area contributed by atoms with Crippen molar-refractivity contribution in [2.45, 2.75) is 39.7 Å². The Kier molecular flexibility index (Phi) is 7.55. The lowest BCUT2D eigenvalue weighted by Gasteiger charge is -2.08. The Morgan fingerprint density at radius 3 is 2.12 bits per heavy atom. The van der Waals surface area contributed by atoms with Gasteiger partial charge in [-0.05, 0) is 19.1 Å². The molecule has 0 saturated heterocycles. The quantitative estimate of drug-likeness (QED) is 0.562. The first kappa shape index (κ1) is 25.9. The summed E-state index contributed by atoms with van der Waals surface area (Å²) in [6, 6.07) is 2.87. The molecule has 180 valence electrons. The van der Waals surface area contributed by atoms with E-state index in [0.717, 1.165) is 16.9 Å². The highest BCUT2D eigenvalue weighted by Crippen LogP contribution is 2.32. The maximum Gasteiger partial charge on any atom is 0.435 e. The minimum Gasteiger partial charge on any atom is -0.345 e. The average molecular weight is 476 g/mol. The van der Waals surface area contributed by atoms with Crippen LogP contribution in [0.25, 0.3) is 11.3 Å². The van der Waals surface area contributed by atoms with Gasteiger partial charge in [0.15, 0.2) is 5.69 Å². The molecule has 1 amide bonds. The minimum atomic E-state index is -4.69. The third-order valence-electron chi connectivity index (χ3n) is 4.57. The number of hydrogen-bond acceptors (Lipinski definition) is 4. The smallest absolute Gasteiger partial charge is 0.345 e. The van der Waals surface area contributed by atoms with Gasteiger partial charge in [-0.3, -0.25) is 19.1 Å². The van der Waals surface area contributed by atoms with Gasteiger partial charge in [-0.1, -0.05) is 13.8 Å². The monoisotopic (exact) mass is 476 g/mol. The first-order valence-electron chi connectivity index (χ1n) is 9.74. The molecule has 13 heteroatoms. The van der Waals surface area contributed by atoms with Gasteiger partial charge in [-0.25, -0.2) is 0 Å². The van der Waals surface area contributed by atoms with Crippen molar-refractivity contribution < 1.29 is 31.1 Å². The van der Waals surface area contributed by atoms with Crippen LogP contribution in [0.1, 0.15) is 47.0 Å². The van der Waals surface area contributed by atoms with Crippen molar-refractivity contribution in [3.05, 3.63) is 52.7 Å². The summed E-state index contributed by atoms with van der Waals surface area (Å²) in [6.07, 6.45) is -8.29. The van der Waals surface area contributed by atoms with Crippen LogP contribution in [0.3, 0.4) is 0 Å². The second kappa shape index (κ2) is 9.63. The normalized spacial score (nSPS) is 11.7. The summed E-state index contributed by atoms with van der Waals surface area (Å²) in [5.74, 6) is -0.795. The molecule has 3 aromatic heterocycles. The summed E-state index contributed by atoms with van der Waals surface area (Å²) in [7, 11) is 2.74. The molecule has 0 fully saturated rings. The zero-order valence-electron chi connectivity index (χ0n) is 18.4. The Morgan fingerprint density at radius 1 is 0.970 bits per heavy atom. The number of nitrogens with zero attached hydrogens (tertiary/aromatic N) is 5. The first-order chi connectivity index (χ1) is 15.3. The molecule has 0 aliphatic rings. The number of carbonyl (C=O) groups excluding carboxylic acids is 1. The number of pyridine rings is 1. The molecule has 0 atom stereocenters. The van der Waals surface area contributed by atoms with Crippen LogP contribution >= 0.6 is 0 Å². The van der Waals surface area contributed by atoms with Crippen LogP contribution < -0.4 is 5.32 Å². The zero-order valence-corrected chi connectivity index (χ0v) is 18.4. The van der Waals surface area contributed by atoms with Gasteiger partial charge >= 0.3 is 12.4 Å². The first-order valence-corrected chi connectivity index (χ1v) is 9.74. The summed E-state index contributed by atoms with van der Waals surface area (Å²) >= 11 is 0. The molecule has 3 aromatic rings. The summed E-state index contributed by atoms with van der Waals surface area (Å²) in [6.45, 7) is 5.50. The van der Waals surface area contributed by atoms with E-state index >= 15 is 0 Å². The summed E-state index contributed by atoms with van der Waals surface area (Å²) in [5, 5.41) is 9.98. The molecule has 0 saturated carbocycles. The van der Waals surface area contributed by atoms with Crippen LogP contribution in [0.15, 0.2) is 24.4 Å². The fraction of sp³-hybridized carbons (Fsp3) is 0.400. The van der Waals surface area contributed by atoms with Crippen molar-refractivity contribution in [1.82, 2.24) is 29.9 Å². The van der Waals surface area contributed by atoms with Crippen molar-refractivity contribution in [2.24, 2.45) is 14.1 Å². The molecule has 0 spiro atoms. The molecule has 3 heterocycles. The third-order valence-corrected chi connectivity index (χ3v) is 4.57. The van der Waals surface area contributed by atoms with E-state index in [1.54, 1.807) is 6.92 Å². The fourth-order valence-corrected chi connectivity index (χ4v) is 2.99. The summed E-state index contributed by atoms with van der Waals surface area (Å²) in [4.78, 5) is 15.6. The number of amides is 1. The number of alkyl halides is 6.